The number of ether oxygens (including phenoxy) is 1. The van der Waals surface area contributed by atoms with E-state index in [1.807, 2.05) is 24.3 Å². The van der Waals surface area contributed by atoms with Gasteiger partial charge in [0, 0.05) is 21.7 Å². The molecule has 0 aliphatic heterocycles. The number of rotatable bonds is 7. The molecule has 0 aliphatic rings. The van der Waals surface area contributed by atoms with Crippen molar-refractivity contribution in [2.24, 2.45) is 5.92 Å². The topological polar surface area (TPSA) is 55.4 Å². The number of carbonyl (C=O) groups is 2. The van der Waals surface area contributed by atoms with Crippen LogP contribution in [0.15, 0.2) is 33.6 Å². The van der Waals surface area contributed by atoms with E-state index in [2.05, 4.69) is 21.2 Å². The summed E-state index contributed by atoms with van der Waals surface area (Å²) in [5.41, 5.74) is 0. The van der Waals surface area contributed by atoms with E-state index in [0.717, 1.165) is 15.1 Å². The Balaban J connectivity index is 2.13. The van der Waals surface area contributed by atoms with Crippen LogP contribution in [0.4, 0.5) is 0 Å². The van der Waals surface area contributed by atoms with Gasteiger partial charge in [0.15, 0.2) is 6.61 Å². The average molecular weight is 360 g/mol. The van der Waals surface area contributed by atoms with Crippen molar-refractivity contribution in [2.75, 3.05) is 18.9 Å². The van der Waals surface area contributed by atoms with Crippen molar-refractivity contribution >= 4 is 39.6 Å². The van der Waals surface area contributed by atoms with Crippen LogP contribution >= 0.6 is 27.7 Å². The maximum atomic E-state index is 11.4. The van der Waals surface area contributed by atoms with Crippen molar-refractivity contribution in [1.82, 2.24) is 5.32 Å². The van der Waals surface area contributed by atoms with Crippen molar-refractivity contribution in [3.05, 3.63) is 28.7 Å². The summed E-state index contributed by atoms with van der Waals surface area (Å²) in [6.45, 7) is 3.79. The fraction of sp³-hybridized carbons (Fsp3) is 0.429. The molecule has 0 aliphatic carbocycles. The van der Waals surface area contributed by atoms with Gasteiger partial charge in [-0.25, -0.2) is 0 Å². The van der Waals surface area contributed by atoms with E-state index in [-0.39, 0.29) is 24.4 Å². The summed E-state index contributed by atoms with van der Waals surface area (Å²) in [6, 6.07) is 7.99. The van der Waals surface area contributed by atoms with Crippen molar-refractivity contribution < 1.29 is 14.3 Å². The van der Waals surface area contributed by atoms with Gasteiger partial charge in [-0.05, 0) is 24.3 Å². The number of halogens is 1. The van der Waals surface area contributed by atoms with Crippen LogP contribution in [0.1, 0.15) is 13.8 Å². The lowest BCUT2D eigenvalue weighted by Crippen LogP contribution is -2.31. The lowest BCUT2D eigenvalue weighted by molar-refractivity contribution is -0.151. The first-order valence-corrected chi connectivity index (χ1v) is 8.08. The first-order chi connectivity index (χ1) is 9.49. The molecule has 1 N–H and O–H groups in total. The molecule has 0 spiro atoms. The number of thioether (sulfide) groups is 1. The standard InChI is InChI=1S/C14H18BrNO3S/c1-10(2)14(18)19-9-13(17)16-7-8-20-12-5-3-11(15)4-6-12/h3-6,10H,7-9H2,1-2H3,(H,16,17). The van der Waals surface area contributed by atoms with E-state index in [1.165, 1.54) is 0 Å². The Bertz CT molecular complexity index is 448. The molecule has 0 unspecified atom stereocenters. The summed E-state index contributed by atoms with van der Waals surface area (Å²) >= 11 is 5.03. The number of benzene rings is 1. The van der Waals surface area contributed by atoms with Crippen LogP contribution in [0, 0.1) is 5.92 Å². The summed E-state index contributed by atoms with van der Waals surface area (Å²) in [5.74, 6) is -0.0681. The van der Waals surface area contributed by atoms with Gasteiger partial charge < -0.3 is 10.1 Å². The monoisotopic (exact) mass is 359 g/mol. The normalized spacial score (nSPS) is 10.4. The Morgan fingerprint density at radius 1 is 1.30 bits per heavy atom. The molecular weight excluding hydrogens is 342 g/mol. The van der Waals surface area contributed by atoms with E-state index in [0.29, 0.717) is 6.54 Å². The van der Waals surface area contributed by atoms with E-state index >= 15 is 0 Å². The maximum absolute atomic E-state index is 11.4. The zero-order chi connectivity index (χ0) is 15.0. The van der Waals surface area contributed by atoms with Gasteiger partial charge in [-0.1, -0.05) is 29.8 Å². The second kappa shape index (κ2) is 9.02. The largest absolute Gasteiger partial charge is 0.455 e. The number of amides is 1. The molecule has 0 heterocycles. The third kappa shape index (κ3) is 6.96. The van der Waals surface area contributed by atoms with Gasteiger partial charge in [-0.15, -0.1) is 11.8 Å². The molecule has 110 valence electrons. The average Bonchev–Trinajstić information content (AvgIpc) is 2.42. The highest BCUT2D eigenvalue weighted by atomic mass is 79.9. The molecule has 0 bridgehead atoms. The molecule has 1 aromatic carbocycles. The number of hydrogen-bond acceptors (Lipinski definition) is 4. The number of carbonyl (C=O) groups excluding carboxylic acids is 2. The molecule has 4 nitrogen and oxygen atoms in total. The summed E-state index contributed by atoms with van der Waals surface area (Å²) in [5, 5.41) is 2.71. The Morgan fingerprint density at radius 2 is 1.95 bits per heavy atom. The fourth-order valence-corrected chi connectivity index (χ4v) is 2.28. The molecular formula is C14H18BrNO3S. The van der Waals surface area contributed by atoms with Crippen LogP contribution in [0.25, 0.3) is 0 Å². The highest BCUT2D eigenvalue weighted by Crippen LogP contribution is 2.19. The fourth-order valence-electron chi connectivity index (χ4n) is 1.24. The zero-order valence-electron chi connectivity index (χ0n) is 11.5. The van der Waals surface area contributed by atoms with Crippen LogP contribution < -0.4 is 5.32 Å². The molecule has 0 aromatic heterocycles. The summed E-state index contributed by atoms with van der Waals surface area (Å²) in [7, 11) is 0. The van der Waals surface area contributed by atoms with E-state index in [1.54, 1.807) is 25.6 Å². The molecule has 1 aromatic rings. The lowest BCUT2D eigenvalue weighted by Gasteiger charge is -2.08. The highest BCUT2D eigenvalue weighted by Gasteiger charge is 2.10. The minimum absolute atomic E-state index is 0.208. The zero-order valence-corrected chi connectivity index (χ0v) is 13.9. The summed E-state index contributed by atoms with van der Waals surface area (Å²) in [4.78, 5) is 23.7. The predicted molar refractivity (Wildman–Crippen MR) is 83.7 cm³/mol. The van der Waals surface area contributed by atoms with Crippen LogP contribution in [-0.4, -0.2) is 30.8 Å². The maximum Gasteiger partial charge on any atom is 0.308 e. The Labute approximate surface area is 131 Å². The molecule has 1 amide bonds. The molecule has 6 heteroatoms. The van der Waals surface area contributed by atoms with Crippen LogP contribution in [0.3, 0.4) is 0 Å². The van der Waals surface area contributed by atoms with E-state index < -0.39 is 0 Å². The van der Waals surface area contributed by atoms with Crippen molar-refractivity contribution in [3.8, 4) is 0 Å². The summed E-state index contributed by atoms with van der Waals surface area (Å²) in [6.07, 6.45) is 0. The van der Waals surface area contributed by atoms with Gasteiger partial charge in [0.25, 0.3) is 5.91 Å². The molecule has 0 saturated carbocycles. The van der Waals surface area contributed by atoms with Gasteiger partial charge >= 0.3 is 5.97 Å². The minimum atomic E-state index is -0.357. The molecule has 0 radical (unpaired) electrons. The first-order valence-electron chi connectivity index (χ1n) is 6.30. The van der Waals surface area contributed by atoms with E-state index in [9.17, 15) is 9.59 Å². The molecule has 1 rings (SSSR count). The minimum Gasteiger partial charge on any atom is -0.455 e. The number of nitrogens with one attached hydrogen (secondary N) is 1. The van der Waals surface area contributed by atoms with E-state index in [4.69, 9.17) is 4.74 Å². The van der Waals surface area contributed by atoms with Gasteiger partial charge in [-0.3, -0.25) is 9.59 Å². The molecule has 20 heavy (non-hydrogen) atoms. The third-order valence-electron chi connectivity index (χ3n) is 2.32. The van der Waals surface area contributed by atoms with Crippen molar-refractivity contribution in [3.63, 3.8) is 0 Å². The van der Waals surface area contributed by atoms with Crippen LogP contribution in [0.5, 0.6) is 0 Å². The lowest BCUT2D eigenvalue weighted by atomic mass is 10.2. The molecule has 0 fully saturated rings. The Hall–Kier alpha value is -1.01. The molecule has 0 saturated heterocycles. The van der Waals surface area contributed by atoms with Crippen molar-refractivity contribution in [2.45, 2.75) is 18.7 Å². The predicted octanol–water partition coefficient (Wildman–Crippen LogP) is 2.86. The highest BCUT2D eigenvalue weighted by molar-refractivity contribution is 9.10. The van der Waals surface area contributed by atoms with Crippen molar-refractivity contribution in [1.29, 1.82) is 0 Å². The number of esters is 1. The smallest absolute Gasteiger partial charge is 0.308 e. The quantitative estimate of drug-likeness (QED) is 0.462. The summed E-state index contributed by atoms with van der Waals surface area (Å²) < 4.78 is 5.87. The molecule has 0 atom stereocenters. The van der Waals surface area contributed by atoms with Gasteiger partial charge in [0.2, 0.25) is 0 Å². The first kappa shape index (κ1) is 17.0. The van der Waals surface area contributed by atoms with Gasteiger partial charge in [0.1, 0.15) is 0 Å². The van der Waals surface area contributed by atoms with Crippen LogP contribution in [-0.2, 0) is 14.3 Å². The Morgan fingerprint density at radius 3 is 2.55 bits per heavy atom. The van der Waals surface area contributed by atoms with Crippen LogP contribution in [0.2, 0.25) is 0 Å². The van der Waals surface area contributed by atoms with Gasteiger partial charge in [0.05, 0.1) is 5.92 Å². The third-order valence-corrected chi connectivity index (χ3v) is 3.87. The SMILES string of the molecule is CC(C)C(=O)OCC(=O)NCCSc1ccc(Br)cc1. The van der Waals surface area contributed by atoms with Gasteiger partial charge in [-0.2, -0.15) is 0 Å². The Kier molecular flexibility index (Phi) is 7.69. The number of hydrogen-bond donors (Lipinski definition) is 1. The second-order valence-electron chi connectivity index (χ2n) is 4.41. The second-order valence-corrected chi connectivity index (χ2v) is 6.50.